The zero-order valence-corrected chi connectivity index (χ0v) is 13.3. The number of hydrogen-bond donors (Lipinski definition) is 1. The van der Waals surface area contributed by atoms with Gasteiger partial charge in [0.15, 0.2) is 0 Å². The molecule has 116 valence electrons. The third-order valence-corrected chi connectivity index (χ3v) is 5.56. The van der Waals surface area contributed by atoms with Crippen LogP contribution in [-0.2, 0) is 10.0 Å². The number of nitrogens with zero attached hydrogens (tertiary/aromatic N) is 1. The van der Waals surface area contributed by atoms with Crippen molar-refractivity contribution < 1.29 is 13.2 Å². The van der Waals surface area contributed by atoms with Crippen LogP contribution in [-0.4, -0.2) is 44.1 Å². The van der Waals surface area contributed by atoms with Crippen molar-refractivity contribution >= 4 is 27.5 Å². The van der Waals surface area contributed by atoms with E-state index in [4.69, 9.17) is 11.6 Å². The molecule has 2 rings (SSSR count). The SMILES string of the molecule is O=C(NCCCCl)c1cccc(S(=O)(=O)N2CCCC2)c1. The molecule has 0 unspecified atom stereocenters. The lowest BCUT2D eigenvalue weighted by atomic mass is 10.2. The Morgan fingerprint density at radius 3 is 2.67 bits per heavy atom. The highest BCUT2D eigenvalue weighted by Crippen LogP contribution is 2.21. The Kier molecular flexibility index (Phi) is 5.61. The van der Waals surface area contributed by atoms with Crippen LogP contribution in [0.2, 0.25) is 0 Å². The highest BCUT2D eigenvalue weighted by atomic mass is 35.5. The number of sulfonamides is 1. The molecule has 1 saturated heterocycles. The Labute approximate surface area is 130 Å². The number of carbonyl (C=O) groups is 1. The van der Waals surface area contributed by atoms with Crippen LogP contribution in [0.5, 0.6) is 0 Å². The Bertz CT molecular complexity index is 598. The molecule has 0 spiro atoms. The number of amides is 1. The monoisotopic (exact) mass is 330 g/mol. The molecule has 1 aromatic rings. The molecule has 5 nitrogen and oxygen atoms in total. The molecule has 0 aliphatic carbocycles. The third kappa shape index (κ3) is 3.96. The highest BCUT2D eigenvalue weighted by molar-refractivity contribution is 7.89. The van der Waals surface area contributed by atoms with Gasteiger partial charge in [-0.3, -0.25) is 4.79 Å². The molecule has 1 aliphatic heterocycles. The summed E-state index contributed by atoms with van der Waals surface area (Å²) in [6, 6.07) is 6.17. The fourth-order valence-electron chi connectivity index (χ4n) is 2.25. The topological polar surface area (TPSA) is 66.5 Å². The van der Waals surface area contributed by atoms with Crippen molar-refractivity contribution in [1.29, 1.82) is 0 Å². The molecule has 1 aromatic carbocycles. The quantitative estimate of drug-likeness (QED) is 0.639. The maximum Gasteiger partial charge on any atom is 0.251 e. The van der Waals surface area contributed by atoms with E-state index in [9.17, 15) is 13.2 Å². The minimum Gasteiger partial charge on any atom is -0.352 e. The summed E-state index contributed by atoms with van der Waals surface area (Å²) in [5.41, 5.74) is 0.352. The molecule has 0 bridgehead atoms. The number of benzene rings is 1. The van der Waals surface area contributed by atoms with E-state index in [2.05, 4.69) is 5.32 Å². The van der Waals surface area contributed by atoms with Crippen molar-refractivity contribution in [2.75, 3.05) is 25.5 Å². The van der Waals surface area contributed by atoms with Gasteiger partial charge < -0.3 is 5.32 Å². The maximum atomic E-state index is 12.4. The summed E-state index contributed by atoms with van der Waals surface area (Å²) < 4.78 is 26.4. The lowest BCUT2D eigenvalue weighted by molar-refractivity contribution is 0.0953. The van der Waals surface area contributed by atoms with Crippen LogP contribution in [0.3, 0.4) is 0 Å². The van der Waals surface area contributed by atoms with E-state index < -0.39 is 10.0 Å². The van der Waals surface area contributed by atoms with Crippen molar-refractivity contribution in [3.63, 3.8) is 0 Å². The van der Waals surface area contributed by atoms with Crippen LogP contribution in [0.15, 0.2) is 29.2 Å². The van der Waals surface area contributed by atoms with E-state index in [1.807, 2.05) is 0 Å². The average Bonchev–Trinajstić information content (AvgIpc) is 3.02. The van der Waals surface area contributed by atoms with Gasteiger partial charge in [0.1, 0.15) is 0 Å². The van der Waals surface area contributed by atoms with E-state index >= 15 is 0 Å². The number of alkyl halides is 1. The molecule has 1 amide bonds. The van der Waals surface area contributed by atoms with Gasteiger partial charge in [0.2, 0.25) is 10.0 Å². The van der Waals surface area contributed by atoms with Gasteiger partial charge in [-0.2, -0.15) is 4.31 Å². The summed E-state index contributed by atoms with van der Waals surface area (Å²) in [5.74, 6) is 0.197. The summed E-state index contributed by atoms with van der Waals surface area (Å²) in [7, 11) is -3.49. The molecule has 1 fully saturated rings. The van der Waals surface area contributed by atoms with Crippen molar-refractivity contribution in [2.24, 2.45) is 0 Å². The second kappa shape index (κ2) is 7.24. The molecule has 1 heterocycles. The lowest BCUT2D eigenvalue weighted by Crippen LogP contribution is -2.28. The Balaban J connectivity index is 2.15. The van der Waals surface area contributed by atoms with Gasteiger partial charge in [0.25, 0.3) is 5.91 Å². The number of nitrogens with one attached hydrogen (secondary N) is 1. The molecule has 1 aliphatic rings. The molecular weight excluding hydrogens is 312 g/mol. The first-order valence-corrected chi connectivity index (χ1v) is 8.97. The van der Waals surface area contributed by atoms with Crippen LogP contribution in [0.1, 0.15) is 29.6 Å². The molecule has 21 heavy (non-hydrogen) atoms. The van der Waals surface area contributed by atoms with Gasteiger partial charge in [-0.15, -0.1) is 11.6 Å². The van der Waals surface area contributed by atoms with E-state index in [0.29, 0.717) is 37.5 Å². The molecular formula is C14H19ClN2O3S. The van der Waals surface area contributed by atoms with E-state index in [1.54, 1.807) is 12.1 Å². The fourth-order valence-corrected chi connectivity index (χ4v) is 3.94. The van der Waals surface area contributed by atoms with Crippen molar-refractivity contribution in [3.05, 3.63) is 29.8 Å². The normalized spacial score (nSPS) is 16.0. The molecule has 0 atom stereocenters. The summed E-state index contributed by atoms with van der Waals surface area (Å²) in [4.78, 5) is 12.1. The highest BCUT2D eigenvalue weighted by Gasteiger charge is 2.27. The Morgan fingerprint density at radius 1 is 1.29 bits per heavy atom. The molecule has 7 heteroatoms. The first-order valence-electron chi connectivity index (χ1n) is 7.00. The standard InChI is InChI=1S/C14H19ClN2O3S/c15-7-4-8-16-14(18)12-5-3-6-13(11-12)21(19,20)17-9-1-2-10-17/h3,5-6,11H,1-2,4,7-10H2,(H,16,18). The minimum absolute atomic E-state index is 0.175. The van der Waals surface area contributed by atoms with Crippen LogP contribution in [0.25, 0.3) is 0 Å². The van der Waals surface area contributed by atoms with Crippen molar-refractivity contribution in [2.45, 2.75) is 24.2 Å². The van der Waals surface area contributed by atoms with E-state index in [0.717, 1.165) is 12.8 Å². The molecule has 0 aromatic heterocycles. The van der Waals surface area contributed by atoms with Crippen LogP contribution in [0, 0.1) is 0 Å². The molecule has 0 saturated carbocycles. The van der Waals surface area contributed by atoms with Gasteiger partial charge in [-0.05, 0) is 37.5 Å². The largest absolute Gasteiger partial charge is 0.352 e. The Hall–Kier alpha value is -1.11. The molecule has 1 N–H and O–H groups in total. The summed E-state index contributed by atoms with van der Waals surface area (Å²) in [6.45, 7) is 1.58. The first-order chi connectivity index (χ1) is 10.1. The summed E-state index contributed by atoms with van der Waals surface area (Å²) in [6.07, 6.45) is 2.45. The zero-order chi connectivity index (χ0) is 15.3. The summed E-state index contributed by atoms with van der Waals surface area (Å²) >= 11 is 5.55. The van der Waals surface area contributed by atoms with Gasteiger partial charge in [0, 0.05) is 31.1 Å². The summed E-state index contributed by atoms with van der Waals surface area (Å²) in [5, 5.41) is 2.72. The third-order valence-electron chi connectivity index (χ3n) is 3.39. The number of hydrogen-bond acceptors (Lipinski definition) is 3. The second-order valence-electron chi connectivity index (χ2n) is 4.94. The molecule has 0 radical (unpaired) electrons. The van der Waals surface area contributed by atoms with Gasteiger partial charge in [-0.1, -0.05) is 6.07 Å². The van der Waals surface area contributed by atoms with Crippen LogP contribution in [0.4, 0.5) is 0 Å². The van der Waals surface area contributed by atoms with Gasteiger partial charge in [0.05, 0.1) is 4.90 Å². The smallest absolute Gasteiger partial charge is 0.251 e. The number of halogens is 1. The first kappa shape index (κ1) is 16.3. The zero-order valence-electron chi connectivity index (χ0n) is 11.7. The van der Waals surface area contributed by atoms with Crippen LogP contribution >= 0.6 is 11.6 Å². The van der Waals surface area contributed by atoms with E-state index in [-0.39, 0.29) is 10.8 Å². The van der Waals surface area contributed by atoms with E-state index in [1.165, 1.54) is 16.4 Å². The average molecular weight is 331 g/mol. The van der Waals surface area contributed by atoms with Crippen molar-refractivity contribution in [3.8, 4) is 0 Å². The predicted octanol–water partition coefficient (Wildman–Crippen LogP) is 1.83. The van der Waals surface area contributed by atoms with Gasteiger partial charge >= 0.3 is 0 Å². The maximum absolute atomic E-state index is 12.4. The predicted molar refractivity (Wildman–Crippen MR) is 82.1 cm³/mol. The lowest BCUT2D eigenvalue weighted by Gasteiger charge is -2.16. The van der Waals surface area contributed by atoms with Gasteiger partial charge in [-0.25, -0.2) is 8.42 Å². The number of rotatable bonds is 6. The number of carbonyl (C=O) groups excluding carboxylic acids is 1. The Morgan fingerprint density at radius 2 is 2.00 bits per heavy atom. The van der Waals surface area contributed by atoms with Crippen LogP contribution < -0.4 is 5.32 Å². The second-order valence-corrected chi connectivity index (χ2v) is 7.25. The minimum atomic E-state index is -3.49. The van der Waals surface area contributed by atoms with Crippen molar-refractivity contribution in [1.82, 2.24) is 9.62 Å². The fraction of sp³-hybridized carbons (Fsp3) is 0.500.